The number of aromatic nitrogens is 1. The summed E-state index contributed by atoms with van der Waals surface area (Å²) in [5.41, 5.74) is 12.7. The molecule has 0 atom stereocenters. The minimum absolute atomic E-state index is 0.0887. The van der Waals surface area contributed by atoms with Gasteiger partial charge in [-0.25, -0.2) is 9.37 Å². The van der Waals surface area contributed by atoms with Crippen molar-refractivity contribution in [1.82, 2.24) is 4.98 Å². The Morgan fingerprint density at radius 2 is 2.05 bits per heavy atom. The van der Waals surface area contributed by atoms with Gasteiger partial charge in [0, 0.05) is 5.69 Å². The highest BCUT2D eigenvalue weighted by atomic mass is 19.1. The molecule has 2 rings (SSSR count). The van der Waals surface area contributed by atoms with Gasteiger partial charge in [-0.1, -0.05) is 6.07 Å². The molecule has 0 aliphatic rings. The largest absolute Gasteiger partial charge is 0.396 e. The zero-order valence-corrected chi connectivity index (χ0v) is 10.3. The molecule has 19 heavy (non-hydrogen) atoms. The van der Waals surface area contributed by atoms with E-state index in [-0.39, 0.29) is 17.3 Å². The highest BCUT2D eigenvalue weighted by Crippen LogP contribution is 2.24. The molecule has 1 heterocycles. The lowest BCUT2D eigenvalue weighted by molar-refractivity contribution is 0.0996. The number of aryl methyl sites for hydroxylation is 1. The van der Waals surface area contributed by atoms with Gasteiger partial charge in [0.15, 0.2) is 5.82 Å². The molecule has 0 radical (unpaired) electrons. The molecule has 0 aliphatic heterocycles. The molecule has 0 saturated carbocycles. The third-order valence-corrected chi connectivity index (χ3v) is 2.63. The Kier molecular flexibility index (Phi) is 3.33. The second-order valence-electron chi connectivity index (χ2n) is 4.08. The first kappa shape index (κ1) is 12.8. The van der Waals surface area contributed by atoms with E-state index in [4.69, 9.17) is 11.5 Å². The number of halogens is 1. The van der Waals surface area contributed by atoms with E-state index in [9.17, 15) is 9.18 Å². The number of anilines is 3. The predicted molar refractivity (Wildman–Crippen MR) is 71.6 cm³/mol. The molecule has 0 saturated heterocycles. The molecule has 1 aromatic heterocycles. The number of nitrogens with zero attached hydrogens (tertiary/aromatic N) is 1. The second-order valence-corrected chi connectivity index (χ2v) is 4.08. The van der Waals surface area contributed by atoms with Crippen LogP contribution >= 0.6 is 0 Å². The topological polar surface area (TPSA) is 94.0 Å². The number of amides is 1. The average Bonchev–Trinajstić information content (AvgIpc) is 2.36. The molecule has 0 spiro atoms. The number of primary amides is 1. The van der Waals surface area contributed by atoms with Crippen molar-refractivity contribution in [3.05, 3.63) is 47.4 Å². The van der Waals surface area contributed by atoms with E-state index < -0.39 is 5.91 Å². The Labute approximate surface area is 109 Å². The number of carbonyl (C=O) groups excluding carboxylic acids is 1. The molecule has 6 heteroatoms. The molecule has 2 aromatic rings. The van der Waals surface area contributed by atoms with Gasteiger partial charge in [0.25, 0.3) is 5.91 Å². The van der Waals surface area contributed by atoms with Gasteiger partial charge in [0.2, 0.25) is 0 Å². The maximum atomic E-state index is 13.2. The molecule has 1 aromatic carbocycles. The van der Waals surface area contributed by atoms with Gasteiger partial charge in [0.1, 0.15) is 11.5 Å². The van der Waals surface area contributed by atoms with Gasteiger partial charge in [-0.05, 0) is 36.8 Å². The molecule has 5 N–H and O–H groups in total. The Hall–Kier alpha value is -2.63. The van der Waals surface area contributed by atoms with Crippen LogP contribution < -0.4 is 16.8 Å². The number of benzene rings is 1. The van der Waals surface area contributed by atoms with Crippen LogP contribution in [0.25, 0.3) is 0 Å². The summed E-state index contributed by atoms with van der Waals surface area (Å²) in [6.45, 7) is 1.82. The van der Waals surface area contributed by atoms with Crippen molar-refractivity contribution < 1.29 is 9.18 Å². The van der Waals surface area contributed by atoms with Gasteiger partial charge >= 0.3 is 0 Å². The van der Waals surface area contributed by atoms with Crippen LogP contribution in [0.1, 0.15) is 16.1 Å². The summed E-state index contributed by atoms with van der Waals surface area (Å²) in [4.78, 5) is 15.1. The summed E-state index contributed by atoms with van der Waals surface area (Å²) in [7, 11) is 0. The normalized spacial score (nSPS) is 10.2. The lowest BCUT2D eigenvalue weighted by atomic mass is 10.2. The van der Waals surface area contributed by atoms with Gasteiger partial charge in [-0.3, -0.25) is 4.79 Å². The van der Waals surface area contributed by atoms with E-state index in [2.05, 4.69) is 10.3 Å². The third-order valence-electron chi connectivity index (χ3n) is 2.63. The zero-order chi connectivity index (χ0) is 14.0. The van der Waals surface area contributed by atoms with Gasteiger partial charge in [0.05, 0.1) is 5.69 Å². The first-order valence-corrected chi connectivity index (χ1v) is 5.57. The number of nitrogens with one attached hydrogen (secondary N) is 1. The highest BCUT2D eigenvalue weighted by Gasteiger charge is 2.09. The average molecular weight is 260 g/mol. The van der Waals surface area contributed by atoms with Crippen molar-refractivity contribution in [3.8, 4) is 0 Å². The van der Waals surface area contributed by atoms with Crippen LogP contribution in [0.15, 0.2) is 30.3 Å². The lowest BCUT2D eigenvalue weighted by Crippen LogP contribution is -2.14. The van der Waals surface area contributed by atoms with Crippen LogP contribution in [-0.4, -0.2) is 10.9 Å². The van der Waals surface area contributed by atoms with Crippen LogP contribution in [-0.2, 0) is 0 Å². The fraction of sp³-hybridized carbons (Fsp3) is 0.0769. The Morgan fingerprint density at radius 3 is 2.74 bits per heavy atom. The Balaban J connectivity index is 2.40. The fourth-order valence-electron chi connectivity index (χ4n) is 1.56. The summed E-state index contributed by atoms with van der Waals surface area (Å²) in [6.07, 6.45) is 0. The summed E-state index contributed by atoms with van der Waals surface area (Å²) in [5, 5.41) is 2.89. The van der Waals surface area contributed by atoms with Crippen molar-refractivity contribution in [1.29, 1.82) is 0 Å². The number of hydrogen-bond donors (Lipinski definition) is 3. The maximum absolute atomic E-state index is 13.2. The Bertz CT molecular complexity index is 643. The first-order chi connectivity index (χ1) is 8.97. The summed E-state index contributed by atoms with van der Waals surface area (Å²) in [5.74, 6) is -0.762. The van der Waals surface area contributed by atoms with Crippen molar-refractivity contribution in [2.24, 2.45) is 5.73 Å². The fourth-order valence-corrected chi connectivity index (χ4v) is 1.56. The molecule has 0 fully saturated rings. The van der Waals surface area contributed by atoms with E-state index in [0.717, 1.165) is 5.56 Å². The van der Waals surface area contributed by atoms with E-state index >= 15 is 0 Å². The molecule has 0 bridgehead atoms. The zero-order valence-electron chi connectivity index (χ0n) is 10.3. The number of hydrogen-bond acceptors (Lipinski definition) is 4. The van der Waals surface area contributed by atoms with Crippen LogP contribution in [0.3, 0.4) is 0 Å². The smallest absolute Gasteiger partial charge is 0.267 e. The Morgan fingerprint density at radius 1 is 1.32 bits per heavy atom. The van der Waals surface area contributed by atoms with Gasteiger partial charge < -0.3 is 16.8 Å². The monoisotopic (exact) mass is 260 g/mol. The second kappa shape index (κ2) is 4.93. The van der Waals surface area contributed by atoms with Crippen LogP contribution in [0.5, 0.6) is 0 Å². The minimum Gasteiger partial charge on any atom is -0.396 e. The van der Waals surface area contributed by atoms with Crippen molar-refractivity contribution in [2.75, 3.05) is 11.1 Å². The molecule has 0 unspecified atom stereocenters. The van der Waals surface area contributed by atoms with E-state index in [1.807, 2.05) is 6.92 Å². The van der Waals surface area contributed by atoms with Crippen LogP contribution in [0, 0.1) is 12.7 Å². The highest BCUT2D eigenvalue weighted by molar-refractivity contribution is 5.92. The van der Waals surface area contributed by atoms with Crippen molar-refractivity contribution in [2.45, 2.75) is 6.92 Å². The number of nitrogens with two attached hydrogens (primary N) is 2. The van der Waals surface area contributed by atoms with Gasteiger partial charge in [-0.2, -0.15) is 0 Å². The van der Waals surface area contributed by atoms with Crippen molar-refractivity contribution >= 4 is 23.1 Å². The number of pyridine rings is 1. The molecule has 0 aliphatic carbocycles. The third kappa shape index (κ3) is 2.79. The predicted octanol–water partition coefficient (Wildman–Crippen LogP) is 1.95. The number of rotatable bonds is 3. The minimum atomic E-state index is -0.654. The SMILES string of the molecule is Cc1ccc(F)cc1Nc1nc(C(N)=O)ccc1N. The number of carbonyl (C=O) groups is 1. The standard InChI is InChI=1S/C13H13FN4O/c1-7-2-3-8(14)6-11(7)18-13-9(15)4-5-10(17-13)12(16)19/h2-6H,15H2,1H3,(H2,16,19)(H,17,18). The van der Waals surface area contributed by atoms with Crippen LogP contribution in [0.2, 0.25) is 0 Å². The molecule has 1 amide bonds. The molecular formula is C13H13FN4O. The van der Waals surface area contributed by atoms with Crippen LogP contribution in [0.4, 0.5) is 21.6 Å². The molecular weight excluding hydrogens is 247 g/mol. The summed E-state index contributed by atoms with van der Waals surface area (Å²) >= 11 is 0. The number of nitrogen functional groups attached to an aromatic ring is 1. The quantitative estimate of drug-likeness (QED) is 0.786. The summed E-state index contributed by atoms with van der Waals surface area (Å²) in [6, 6.07) is 7.27. The van der Waals surface area contributed by atoms with E-state index in [1.54, 1.807) is 6.07 Å². The maximum Gasteiger partial charge on any atom is 0.267 e. The summed E-state index contributed by atoms with van der Waals surface area (Å²) < 4.78 is 13.2. The van der Waals surface area contributed by atoms with Gasteiger partial charge in [-0.15, -0.1) is 0 Å². The molecule has 98 valence electrons. The molecule has 5 nitrogen and oxygen atoms in total. The van der Waals surface area contributed by atoms with E-state index in [1.165, 1.54) is 24.3 Å². The van der Waals surface area contributed by atoms with E-state index in [0.29, 0.717) is 11.4 Å². The van der Waals surface area contributed by atoms with Crippen molar-refractivity contribution in [3.63, 3.8) is 0 Å². The first-order valence-electron chi connectivity index (χ1n) is 5.57. The lowest BCUT2D eigenvalue weighted by Gasteiger charge is -2.11.